The molecule has 1 aromatic carbocycles. The topological polar surface area (TPSA) is 119 Å². The Balaban J connectivity index is 1.82. The molecule has 0 aliphatic carbocycles. The third-order valence-corrected chi connectivity index (χ3v) is 5.04. The number of likely N-dealkylation sites (N-methyl/N-ethyl adjacent to an activating group) is 1. The molecular weight excluding hydrogens is 405 g/mol. The van der Waals surface area contributed by atoms with E-state index in [-0.39, 0.29) is 36.3 Å². The second kappa shape index (κ2) is 9.69. The minimum absolute atomic E-state index is 0.0789. The largest absolute Gasteiger partial charge is 0.501 e. The van der Waals surface area contributed by atoms with Crippen LogP contribution < -0.4 is 5.32 Å². The van der Waals surface area contributed by atoms with Gasteiger partial charge in [0.1, 0.15) is 5.82 Å². The highest BCUT2D eigenvalue weighted by atomic mass is 19.1. The number of amides is 2. The summed E-state index contributed by atoms with van der Waals surface area (Å²) < 4.78 is 13.0. The van der Waals surface area contributed by atoms with E-state index in [1.165, 1.54) is 24.3 Å². The van der Waals surface area contributed by atoms with Gasteiger partial charge in [-0.2, -0.15) is 4.98 Å². The molecule has 0 bridgehead atoms. The van der Waals surface area contributed by atoms with Crippen molar-refractivity contribution >= 4 is 11.8 Å². The number of piperidine rings is 1. The summed E-state index contributed by atoms with van der Waals surface area (Å²) in [7, 11) is 3.59. The van der Waals surface area contributed by atoms with Gasteiger partial charge in [0.2, 0.25) is 11.7 Å². The third-order valence-electron chi connectivity index (χ3n) is 5.04. The Morgan fingerprint density at radius 3 is 2.58 bits per heavy atom. The molecule has 166 valence electrons. The Kier molecular flexibility index (Phi) is 7.01. The number of aromatic nitrogens is 2. The maximum atomic E-state index is 13.0. The van der Waals surface area contributed by atoms with Gasteiger partial charge in [-0.3, -0.25) is 9.59 Å². The lowest BCUT2D eigenvalue weighted by Gasteiger charge is -2.35. The van der Waals surface area contributed by atoms with Crippen LogP contribution >= 0.6 is 0 Å². The van der Waals surface area contributed by atoms with E-state index in [1.54, 1.807) is 23.9 Å². The molecule has 1 unspecified atom stereocenters. The molecule has 0 radical (unpaired) electrons. The SMILES string of the molecule is CN(C)CC(=O)N1CCCCC1c1nc(O)c(O)c(C(=O)NCc2ccc(F)cc2)n1. The molecule has 9 nitrogen and oxygen atoms in total. The van der Waals surface area contributed by atoms with Crippen molar-refractivity contribution in [1.82, 2.24) is 25.1 Å². The molecule has 1 aliphatic rings. The molecule has 1 aliphatic heterocycles. The van der Waals surface area contributed by atoms with Gasteiger partial charge in [-0.15, -0.1) is 0 Å². The summed E-state index contributed by atoms with van der Waals surface area (Å²) in [5, 5.41) is 22.8. The fourth-order valence-corrected chi connectivity index (χ4v) is 3.50. The fourth-order valence-electron chi connectivity index (χ4n) is 3.50. The Morgan fingerprint density at radius 1 is 1.19 bits per heavy atom. The molecule has 2 heterocycles. The van der Waals surface area contributed by atoms with Gasteiger partial charge in [0.05, 0.1) is 12.6 Å². The smallest absolute Gasteiger partial charge is 0.274 e. The first kappa shape index (κ1) is 22.4. The average molecular weight is 431 g/mol. The molecule has 0 saturated carbocycles. The number of carbonyl (C=O) groups is 2. The monoisotopic (exact) mass is 431 g/mol. The molecule has 10 heteroatoms. The number of halogens is 1. The van der Waals surface area contributed by atoms with E-state index >= 15 is 0 Å². The number of nitrogens with one attached hydrogen (secondary N) is 1. The van der Waals surface area contributed by atoms with Gasteiger partial charge in [-0.05, 0) is 51.1 Å². The lowest BCUT2D eigenvalue weighted by atomic mass is 10.0. The lowest BCUT2D eigenvalue weighted by Crippen LogP contribution is -2.43. The first-order valence-corrected chi connectivity index (χ1v) is 10.0. The summed E-state index contributed by atoms with van der Waals surface area (Å²) in [6.45, 7) is 0.815. The first-order valence-electron chi connectivity index (χ1n) is 10.0. The maximum Gasteiger partial charge on any atom is 0.274 e. The van der Waals surface area contributed by atoms with Crippen LogP contribution in [0.5, 0.6) is 11.6 Å². The summed E-state index contributed by atoms with van der Waals surface area (Å²) in [4.78, 5) is 36.8. The van der Waals surface area contributed by atoms with E-state index in [9.17, 15) is 24.2 Å². The van der Waals surface area contributed by atoms with Crippen molar-refractivity contribution in [2.75, 3.05) is 27.2 Å². The van der Waals surface area contributed by atoms with Crippen molar-refractivity contribution in [3.63, 3.8) is 0 Å². The zero-order chi connectivity index (χ0) is 22.5. The van der Waals surface area contributed by atoms with Crippen molar-refractivity contribution in [1.29, 1.82) is 0 Å². The highest BCUT2D eigenvalue weighted by Crippen LogP contribution is 2.33. The normalized spacial score (nSPS) is 16.4. The number of likely N-dealkylation sites (tertiary alicyclic amines) is 1. The second-order valence-corrected chi connectivity index (χ2v) is 7.75. The van der Waals surface area contributed by atoms with Crippen LogP contribution in [0.2, 0.25) is 0 Å². The number of nitrogens with zero attached hydrogens (tertiary/aromatic N) is 4. The van der Waals surface area contributed by atoms with Crippen LogP contribution in [0.1, 0.15) is 47.2 Å². The Morgan fingerprint density at radius 2 is 1.90 bits per heavy atom. The van der Waals surface area contributed by atoms with Crippen LogP contribution in [0.25, 0.3) is 0 Å². The molecule has 1 fully saturated rings. The lowest BCUT2D eigenvalue weighted by molar-refractivity contribution is -0.135. The van der Waals surface area contributed by atoms with E-state index in [0.29, 0.717) is 18.5 Å². The number of aromatic hydroxyl groups is 2. The van der Waals surface area contributed by atoms with Crippen molar-refractivity contribution in [3.8, 4) is 11.6 Å². The van der Waals surface area contributed by atoms with Crippen LogP contribution in [0, 0.1) is 5.82 Å². The van der Waals surface area contributed by atoms with Crippen molar-refractivity contribution in [2.24, 2.45) is 0 Å². The highest BCUT2D eigenvalue weighted by molar-refractivity contribution is 5.95. The van der Waals surface area contributed by atoms with E-state index in [2.05, 4.69) is 15.3 Å². The molecule has 3 rings (SSSR count). The molecule has 1 saturated heterocycles. The molecule has 2 aromatic rings. The van der Waals surface area contributed by atoms with Crippen molar-refractivity contribution in [3.05, 3.63) is 47.2 Å². The Hall–Kier alpha value is -3.27. The van der Waals surface area contributed by atoms with Crippen LogP contribution in [0.4, 0.5) is 4.39 Å². The molecule has 31 heavy (non-hydrogen) atoms. The van der Waals surface area contributed by atoms with Crippen LogP contribution in [0.15, 0.2) is 24.3 Å². The molecule has 2 amide bonds. The van der Waals surface area contributed by atoms with Crippen molar-refractivity contribution in [2.45, 2.75) is 31.8 Å². The first-order chi connectivity index (χ1) is 14.8. The number of rotatable bonds is 6. The molecule has 1 atom stereocenters. The van der Waals surface area contributed by atoms with Gasteiger partial charge < -0.3 is 25.3 Å². The number of hydrogen-bond acceptors (Lipinski definition) is 7. The Labute approximate surface area is 179 Å². The quantitative estimate of drug-likeness (QED) is 0.635. The zero-order valence-corrected chi connectivity index (χ0v) is 17.5. The van der Waals surface area contributed by atoms with Crippen molar-refractivity contribution < 1.29 is 24.2 Å². The van der Waals surface area contributed by atoms with Gasteiger partial charge in [-0.1, -0.05) is 12.1 Å². The fraction of sp³-hybridized carbons (Fsp3) is 0.429. The summed E-state index contributed by atoms with van der Waals surface area (Å²) in [5.74, 6) is -2.56. The van der Waals surface area contributed by atoms with E-state index in [4.69, 9.17) is 0 Å². The summed E-state index contributed by atoms with van der Waals surface area (Å²) in [5.41, 5.74) is 0.274. The van der Waals surface area contributed by atoms with Crippen LogP contribution in [-0.4, -0.2) is 69.0 Å². The zero-order valence-electron chi connectivity index (χ0n) is 17.5. The molecule has 3 N–H and O–H groups in total. The maximum absolute atomic E-state index is 13.0. The molecular formula is C21H26FN5O4. The highest BCUT2D eigenvalue weighted by Gasteiger charge is 2.32. The number of hydrogen-bond donors (Lipinski definition) is 3. The molecule has 1 aromatic heterocycles. The van der Waals surface area contributed by atoms with E-state index in [1.807, 2.05) is 0 Å². The van der Waals surface area contributed by atoms with Crippen LogP contribution in [0.3, 0.4) is 0 Å². The minimum atomic E-state index is -0.734. The third kappa shape index (κ3) is 5.46. The minimum Gasteiger partial charge on any atom is -0.501 e. The van der Waals surface area contributed by atoms with Gasteiger partial charge >= 0.3 is 0 Å². The average Bonchev–Trinajstić information content (AvgIpc) is 2.74. The van der Waals surface area contributed by atoms with Gasteiger partial charge in [0.25, 0.3) is 11.8 Å². The summed E-state index contributed by atoms with van der Waals surface area (Å²) >= 11 is 0. The molecule has 0 spiro atoms. The van der Waals surface area contributed by atoms with E-state index in [0.717, 1.165) is 12.8 Å². The Bertz CT molecular complexity index is 952. The van der Waals surface area contributed by atoms with E-state index < -0.39 is 23.6 Å². The summed E-state index contributed by atoms with van der Waals surface area (Å²) in [6.07, 6.45) is 2.26. The van der Waals surface area contributed by atoms with Crippen LogP contribution in [-0.2, 0) is 11.3 Å². The summed E-state index contributed by atoms with van der Waals surface area (Å²) in [6, 6.07) is 5.09. The number of carbonyl (C=O) groups excluding carboxylic acids is 2. The predicted octanol–water partition coefficient (Wildman–Crippen LogP) is 1.57. The van der Waals surface area contributed by atoms with Gasteiger partial charge in [0, 0.05) is 13.1 Å². The van der Waals surface area contributed by atoms with Gasteiger partial charge in [0.15, 0.2) is 11.5 Å². The standard InChI is InChI=1S/C21H26FN5O4/c1-26(2)12-16(28)27-10-4-3-5-15(27)19-24-17(18(29)21(31)25-19)20(30)23-11-13-6-8-14(22)9-7-13/h6-9,15,29H,3-5,10-12H2,1-2H3,(H,23,30)(H,24,25,31). The van der Waals surface area contributed by atoms with Gasteiger partial charge in [-0.25, -0.2) is 9.37 Å². The number of benzene rings is 1. The predicted molar refractivity (Wildman–Crippen MR) is 110 cm³/mol. The second-order valence-electron chi connectivity index (χ2n) is 7.75.